The highest BCUT2D eigenvalue weighted by Gasteiger charge is 2.23. The fourth-order valence-corrected chi connectivity index (χ4v) is 2.32. The van der Waals surface area contributed by atoms with Crippen LogP contribution in [0.4, 0.5) is 0 Å². The number of hydrogen-bond acceptors (Lipinski definition) is 3. The summed E-state index contributed by atoms with van der Waals surface area (Å²) in [6.07, 6.45) is 1.94. The highest BCUT2D eigenvalue weighted by Crippen LogP contribution is 2.30. The van der Waals surface area contributed by atoms with E-state index in [1.54, 1.807) is 7.11 Å². The van der Waals surface area contributed by atoms with Gasteiger partial charge in [-0.15, -0.1) is 0 Å². The molecule has 0 aliphatic carbocycles. The Kier molecular flexibility index (Phi) is 6.03. The van der Waals surface area contributed by atoms with Crippen LogP contribution in [0.15, 0.2) is 18.2 Å². The molecule has 1 rings (SSSR count). The van der Waals surface area contributed by atoms with Gasteiger partial charge < -0.3 is 4.74 Å². The van der Waals surface area contributed by atoms with Gasteiger partial charge in [-0.05, 0) is 42.7 Å². The zero-order valence-corrected chi connectivity index (χ0v) is 13.8. The molecule has 2 unspecified atom stereocenters. The normalized spacial score (nSPS) is 14.9. The first-order valence-electron chi connectivity index (χ1n) is 7.37. The first kappa shape index (κ1) is 17.0. The van der Waals surface area contributed by atoms with Crippen LogP contribution in [0.5, 0.6) is 5.75 Å². The zero-order valence-electron chi connectivity index (χ0n) is 13.8. The van der Waals surface area contributed by atoms with Gasteiger partial charge in [0.25, 0.3) is 0 Å². The monoisotopic (exact) mass is 278 g/mol. The summed E-state index contributed by atoms with van der Waals surface area (Å²) in [7, 11) is 1.72. The highest BCUT2D eigenvalue weighted by atomic mass is 16.5. The number of benzene rings is 1. The van der Waals surface area contributed by atoms with Crippen molar-refractivity contribution in [2.24, 2.45) is 17.2 Å². The van der Waals surface area contributed by atoms with Crippen LogP contribution in [-0.2, 0) is 6.42 Å². The smallest absolute Gasteiger partial charge is 0.122 e. The second-order valence-corrected chi connectivity index (χ2v) is 6.89. The number of ether oxygens (including phenoxy) is 1. The van der Waals surface area contributed by atoms with E-state index in [2.05, 4.69) is 52.2 Å². The van der Waals surface area contributed by atoms with Crippen LogP contribution in [0.3, 0.4) is 0 Å². The quantitative estimate of drug-likeness (QED) is 0.619. The number of aryl methyl sites for hydroxylation is 1. The molecule has 0 spiro atoms. The lowest BCUT2D eigenvalue weighted by atomic mass is 9.78. The van der Waals surface area contributed by atoms with E-state index in [1.807, 2.05) is 6.07 Å². The molecule has 0 heterocycles. The zero-order chi connectivity index (χ0) is 15.3. The maximum Gasteiger partial charge on any atom is 0.122 e. The molecule has 3 heteroatoms. The summed E-state index contributed by atoms with van der Waals surface area (Å²) < 4.78 is 5.45. The third kappa shape index (κ3) is 4.80. The van der Waals surface area contributed by atoms with Crippen molar-refractivity contribution >= 4 is 0 Å². The third-order valence-electron chi connectivity index (χ3n) is 4.25. The molecule has 0 saturated heterocycles. The molecule has 0 aromatic heterocycles. The minimum absolute atomic E-state index is 0.264. The van der Waals surface area contributed by atoms with Crippen LogP contribution in [-0.4, -0.2) is 13.2 Å². The molecule has 0 aliphatic rings. The lowest BCUT2D eigenvalue weighted by molar-refractivity contribution is 0.222. The molecule has 0 fully saturated rings. The van der Waals surface area contributed by atoms with E-state index < -0.39 is 0 Å². The molecule has 114 valence electrons. The summed E-state index contributed by atoms with van der Waals surface area (Å²) >= 11 is 0. The number of hydrogen-bond donors (Lipinski definition) is 2. The van der Waals surface area contributed by atoms with Gasteiger partial charge in [0.05, 0.1) is 7.11 Å². The SMILES string of the molecule is COc1ccc(C)cc1CC(CC(C)C(C)(C)C)NN. The van der Waals surface area contributed by atoms with E-state index in [4.69, 9.17) is 10.6 Å². The summed E-state index contributed by atoms with van der Waals surface area (Å²) in [5, 5.41) is 0. The standard InChI is InChI=1S/C17H30N2O/c1-12-7-8-16(20-6)14(9-12)11-15(19-18)10-13(2)17(3,4)5/h7-9,13,15,19H,10-11,18H2,1-6H3. The van der Waals surface area contributed by atoms with Gasteiger partial charge in [0.1, 0.15) is 5.75 Å². The van der Waals surface area contributed by atoms with Crippen LogP contribution in [0.1, 0.15) is 45.2 Å². The first-order valence-corrected chi connectivity index (χ1v) is 7.37. The Morgan fingerprint density at radius 2 is 1.95 bits per heavy atom. The average molecular weight is 278 g/mol. The van der Waals surface area contributed by atoms with E-state index >= 15 is 0 Å². The molecule has 3 N–H and O–H groups in total. The Labute approximate surface area is 123 Å². The van der Waals surface area contributed by atoms with E-state index in [1.165, 1.54) is 11.1 Å². The highest BCUT2D eigenvalue weighted by molar-refractivity contribution is 5.37. The maximum absolute atomic E-state index is 5.75. The van der Waals surface area contributed by atoms with Crippen molar-refractivity contribution < 1.29 is 4.74 Å². The van der Waals surface area contributed by atoms with Gasteiger partial charge in [0.2, 0.25) is 0 Å². The van der Waals surface area contributed by atoms with Crippen molar-refractivity contribution in [1.29, 1.82) is 0 Å². The van der Waals surface area contributed by atoms with Gasteiger partial charge in [0, 0.05) is 6.04 Å². The largest absolute Gasteiger partial charge is 0.496 e. The summed E-state index contributed by atoms with van der Waals surface area (Å²) in [6.45, 7) is 11.2. The second kappa shape index (κ2) is 7.09. The summed E-state index contributed by atoms with van der Waals surface area (Å²) in [5.41, 5.74) is 5.74. The molecule has 3 nitrogen and oxygen atoms in total. The molecule has 0 amide bonds. The van der Waals surface area contributed by atoms with Gasteiger partial charge in [0.15, 0.2) is 0 Å². The predicted octanol–water partition coefficient (Wildman–Crippen LogP) is 3.45. The molecular weight excluding hydrogens is 248 g/mol. The molecule has 1 aromatic rings. The predicted molar refractivity (Wildman–Crippen MR) is 85.8 cm³/mol. The first-order chi connectivity index (χ1) is 9.27. The van der Waals surface area contributed by atoms with Gasteiger partial charge in [-0.1, -0.05) is 45.4 Å². The van der Waals surface area contributed by atoms with Crippen LogP contribution in [0.2, 0.25) is 0 Å². The van der Waals surface area contributed by atoms with Crippen molar-refractivity contribution in [1.82, 2.24) is 5.43 Å². The third-order valence-corrected chi connectivity index (χ3v) is 4.25. The Balaban J connectivity index is 2.81. The van der Waals surface area contributed by atoms with Crippen LogP contribution in [0.25, 0.3) is 0 Å². The lowest BCUT2D eigenvalue weighted by Gasteiger charge is -2.30. The number of nitrogens with two attached hydrogens (primary N) is 1. The lowest BCUT2D eigenvalue weighted by Crippen LogP contribution is -2.39. The van der Waals surface area contributed by atoms with Crippen molar-refractivity contribution in [2.75, 3.05) is 7.11 Å². The van der Waals surface area contributed by atoms with E-state index in [0.717, 1.165) is 18.6 Å². The fourth-order valence-electron chi connectivity index (χ4n) is 2.32. The number of rotatable bonds is 6. The van der Waals surface area contributed by atoms with E-state index in [9.17, 15) is 0 Å². The van der Waals surface area contributed by atoms with Crippen LogP contribution >= 0.6 is 0 Å². The number of hydrazine groups is 1. The molecule has 20 heavy (non-hydrogen) atoms. The van der Waals surface area contributed by atoms with Crippen LogP contribution in [0, 0.1) is 18.3 Å². The molecular formula is C17H30N2O. The van der Waals surface area contributed by atoms with Gasteiger partial charge in [-0.25, -0.2) is 0 Å². The maximum atomic E-state index is 5.75. The Morgan fingerprint density at radius 1 is 1.30 bits per heavy atom. The van der Waals surface area contributed by atoms with Gasteiger partial charge >= 0.3 is 0 Å². The molecule has 0 bridgehead atoms. The minimum atomic E-state index is 0.264. The molecule has 0 radical (unpaired) electrons. The summed E-state index contributed by atoms with van der Waals surface area (Å²) in [4.78, 5) is 0. The van der Waals surface area contributed by atoms with E-state index in [0.29, 0.717) is 11.3 Å². The summed E-state index contributed by atoms with van der Waals surface area (Å²) in [6, 6.07) is 6.56. The number of nitrogens with one attached hydrogen (secondary N) is 1. The van der Waals surface area contributed by atoms with Crippen LogP contribution < -0.4 is 16.0 Å². The fraction of sp³-hybridized carbons (Fsp3) is 0.647. The average Bonchev–Trinajstić information content (AvgIpc) is 2.37. The Hall–Kier alpha value is -1.06. The van der Waals surface area contributed by atoms with Crippen molar-refractivity contribution in [3.63, 3.8) is 0 Å². The second-order valence-electron chi connectivity index (χ2n) is 6.89. The van der Waals surface area contributed by atoms with Gasteiger partial charge in [-0.2, -0.15) is 0 Å². The van der Waals surface area contributed by atoms with E-state index in [-0.39, 0.29) is 6.04 Å². The molecule has 1 aromatic carbocycles. The minimum Gasteiger partial charge on any atom is -0.496 e. The topological polar surface area (TPSA) is 47.3 Å². The van der Waals surface area contributed by atoms with Crippen molar-refractivity contribution in [3.8, 4) is 5.75 Å². The molecule has 0 saturated carbocycles. The number of methoxy groups -OCH3 is 1. The molecule has 0 aliphatic heterocycles. The Bertz CT molecular complexity index is 423. The van der Waals surface area contributed by atoms with Gasteiger partial charge in [-0.3, -0.25) is 11.3 Å². The molecule has 2 atom stereocenters. The van der Waals surface area contributed by atoms with Crippen molar-refractivity contribution in [3.05, 3.63) is 29.3 Å². The summed E-state index contributed by atoms with van der Waals surface area (Å²) in [5.74, 6) is 7.29. The van der Waals surface area contributed by atoms with Crippen molar-refractivity contribution in [2.45, 2.75) is 53.5 Å². The Morgan fingerprint density at radius 3 is 2.45 bits per heavy atom.